The molecule has 0 fully saturated rings. The van der Waals surface area contributed by atoms with Crippen LogP contribution in [-0.2, 0) is 5.41 Å². The Hall–Kier alpha value is -1.18. The van der Waals surface area contributed by atoms with Crippen LogP contribution in [0.15, 0.2) is 18.2 Å². The normalized spacial score (nSPS) is 13.4. The Labute approximate surface area is 111 Å². The van der Waals surface area contributed by atoms with Crippen molar-refractivity contribution in [1.82, 2.24) is 0 Å². The molecule has 0 radical (unpaired) electrons. The van der Waals surface area contributed by atoms with Crippen LogP contribution in [0.25, 0.3) is 0 Å². The molecule has 0 aromatic heterocycles. The van der Waals surface area contributed by atoms with E-state index in [1.54, 1.807) is 6.07 Å². The Morgan fingerprint density at radius 1 is 1.28 bits per heavy atom. The molecule has 1 rings (SSSR count). The predicted octanol–water partition coefficient (Wildman–Crippen LogP) is 4.65. The van der Waals surface area contributed by atoms with Gasteiger partial charge < -0.3 is 9.84 Å². The average Bonchev–Trinajstić information content (AvgIpc) is 2.28. The lowest BCUT2D eigenvalue weighted by Gasteiger charge is -2.22. The second kappa shape index (κ2) is 6.12. The van der Waals surface area contributed by atoms with Crippen LogP contribution in [0, 0.1) is 0 Å². The molecule has 0 spiro atoms. The number of benzene rings is 1. The van der Waals surface area contributed by atoms with Gasteiger partial charge in [-0.05, 0) is 36.5 Å². The first-order valence-corrected chi connectivity index (χ1v) is 6.84. The summed E-state index contributed by atoms with van der Waals surface area (Å²) in [5, 5.41) is 9.85. The van der Waals surface area contributed by atoms with Crippen LogP contribution < -0.4 is 4.74 Å². The van der Waals surface area contributed by atoms with Crippen LogP contribution in [0.3, 0.4) is 0 Å². The SMILES string of the molecule is CCCCC(C)Oc1cc(C(C)(C)C)ccc1O. The standard InChI is InChI=1S/C16H26O2/c1-6-7-8-12(2)18-15-11-13(16(3,4)5)9-10-14(15)17/h9-12,17H,6-8H2,1-5H3. The van der Waals surface area contributed by atoms with E-state index in [1.165, 1.54) is 12.0 Å². The molecule has 1 atom stereocenters. The fourth-order valence-corrected chi connectivity index (χ4v) is 1.84. The highest BCUT2D eigenvalue weighted by Crippen LogP contribution is 2.33. The van der Waals surface area contributed by atoms with Crippen LogP contribution in [0.1, 0.15) is 59.4 Å². The van der Waals surface area contributed by atoms with Gasteiger partial charge in [-0.3, -0.25) is 0 Å². The van der Waals surface area contributed by atoms with E-state index in [0.29, 0.717) is 5.75 Å². The Morgan fingerprint density at radius 2 is 1.94 bits per heavy atom. The molecule has 0 bridgehead atoms. The minimum Gasteiger partial charge on any atom is -0.504 e. The summed E-state index contributed by atoms with van der Waals surface area (Å²) in [5.41, 5.74) is 1.25. The van der Waals surface area contributed by atoms with Gasteiger partial charge in [0, 0.05) is 0 Å². The summed E-state index contributed by atoms with van der Waals surface area (Å²) < 4.78 is 5.83. The molecule has 0 heterocycles. The molecule has 1 unspecified atom stereocenters. The lowest BCUT2D eigenvalue weighted by Crippen LogP contribution is -2.14. The smallest absolute Gasteiger partial charge is 0.161 e. The van der Waals surface area contributed by atoms with Gasteiger partial charge in [0.2, 0.25) is 0 Å². The molecule has 0 amide bonds. The van der Waals surface area contributed by atoms with Gasteiger partial charge in [-0.2, -0.15) is 0 Å². The summed E-state index contributed by atoms with van der Waals surface area (Å²) in [6.45, 7) is 10.7. The maximum Gasteiger partial charge on any atom is 0.161 e. The lowest BCUT2D eigenvalue weighted by molar-refractivity contribution is 0.199. The maximum absolute atomic E-state index is 9.85. The number of hydrogen-bond donors (Lipinski definition) is 1. The molecule has 2 nitrogen and oxygen atoms in total. The van der Waals surface area contributed by atoms with E-state index in [-0.39, 0.29) is 17.3 Å². The highest BCUT2D eigenvalue weighted by molar-refractivity contribution is 5.43. The van der Waals surface area contributed by atoms with Crippen molar-refractivity contribution in [1.29, 1.82) is 0 Å². The molecule has 2 heteroatoms. The Balaban J connectivity index is 2.81. The van der Waals surface area contributed by atoms with Crippen LogP contribution in [-0.4, -0.2) is 11.2 Å². The van der Waals surface area contributed by atoms with Crippen LogP contribution in [0.5, 0.6) is 11.5 Å². The zero-order chi connectivity index (χ0) is 13.8. The van der Waals surface area contributed by atoms with Crippen molar-refractivity contribution in [2.75, 3.05) is 0 Å². The molecule has 0 aliphatic carbocycles. The lowest BCUT2D eigenvalue weighted by atomic mass is 9.87. The van der Waals surface area contributed by atoms with Gasteiger partial charge in [0.1, 0.15) is 0 Å². The second-order valence-corrected chi connectivity index (χ2v) is 6.00. The first-order chi connectivity index (χ1) is 8.34. The number of ether oxygens (including phenoxy) is 1. The van der Waals surface area contributed by atoms with E-state index in [9.17, 15) is 5.11 Å². The van der Waals surface area contributed by atoms with E-state index in [2.05, 4.69) is 34.6 Å². The van der Waals surface area contributed by atoms with E-state index in [0.717, 1.165) is 12.8 Å². The minimum absolute atomic E-state index is 0.0679. The minimum atomic E-state index is 0.0679. The van der Waals surface area contributed by atoms with Gasteiger partial charge >= 0.3 is 0 Å². The molecule has 1 aromatic carbocycles. The van der Waals surface area contributed by atoms with Crippen LogP contribution in [0.2, 0.25) is 0 Å². The molecule has 0 saturated heterocycles. The van der Waals surface area contributed by atoms with Crippen molar-refractivity contribution < 1.29 is 9.84 Å². The second-order valence-electron chi connectivity index (χ2n) is 6.00. The van der Waals surface area contributed by atoms with Crippen molar-refractivity contribution in [3.63, 3.8) is 0 Å². The molecule has 0 aliphatic rings. The number of unbranched alkanes of at least 4 members (excludes halogenated alkanes) is 1. The monoisotopic (exact) mass is 250 g/mol. The van der Waals surface area contributed by atoms with Gasteiger partial charge in [-0.1, -0.05) is 46.6 Å². The third-order valence-corrected chi connectivity index (χ3v) is 3.12. The Kier molecular flexibility index (Phi) is 5.06. The van der Waals surface area contributed by atoms with Crippen molar-refractivity contribution in [3.8, 4) is 11.5 Å². The number of hydrogen-bond acceptors (Lipinski definition) is 2. The first-order valence-electron chi connectivity index (χ1n) is 6.84. The summed E-state index contributed by atoms with van der Waals surface area (Å²) >= 11 is 0. The van der Waals surface area contributed by atoms with Crippen molar-refractivity contribution >= 4 is 0 Å². The Morgan fingerprint density at radius 3 is 2.50 bits per heavy atom. The number of rotatable bonds is 5. The van der Waals surface area contributed by atoms with E-state index in [1.807, 2.05) is 12.1 Å². The van der Waals surface area contributed by atoms with Crippen molar-refractivity contribution in [2.24, 2.45) is 0 Å². The third-order valence-electron chi connectivity index (χ3n) is 3.12. The molecule has 0 saturated carbocycles. The quantitative estimate of drug-likeness (QED) is 0.824. The third kappa shape index (κ3) is 4.25. The van der Waals surface area contributed by atoms with E-state index >= 15 is 0 Å². The fourth-order valence-electron chi connectivity index (χ4n) is 1.84. The van der Waals surface area contributed by atoms with Gasteiger partial charge in [0.25, 0.3) is 0 Å². The molecule has 18 heavy (non-hydrogen) atoms. The van der Waals surface area contributed by atoms with Crippen molar-refractivity contribution in [2.45, 2.75) is 65.4 Å². The highest BCUT2D eigenvalue weighted by Gasteiger charge is 2.16. The van der Waals surface area contributed by atoms with Gasteiger partial charge in [-0.15, -0.1) is 0 Å². The average molecular weight is 250 g/mol. The predicted molar refractivity (Wildman–Crippen MR) is 76.4 cm³/mol. The maximum atomic E-state index is 9.85. The molecular formula is C16H26O2. The van der Waals surface area contributed by atoms with Crippen molar-refractivity contribution in [3.05, 3.63) is 23.8 Å². The van der Waals surface area contributed by atoms with Crippen LogP contribution in [0.4, 0.5) is 0 Å². The zero-order valence-electron chi connectivity index (χ0n) is 12.3. The first kappa shape index (κ1) is 14.9. The molecule has 0 aliphatic heterocycles. The topological polar surface area (TPSA) is 29.5 Å². The van der Waals surface area contributed by atoms with Gasteiger partial charge in [0.15, 0.2) is 11.5 Å². The van der Waals surface area contributed by atoms with Gasteiger partial charge in [-0.25, -0.2) is 0 Å². The number of phenolic OH excluding ortho intramolecular Hbond substituents is 1. The summed E-state index contributed by atoms with van der Waals surface area (Å²) in [7, 11) is 0. The summed E-state index contributed by atoms with van der Waals surface area (Å²) in [6.07, 6.45) is 3.49. The van der Waals surface area contributed by atoms with E-state index < -0.39 is 0 Å². The molecule has 1 N–H and O–H groups in total. The van der Waals surface area contributed by atoms with Gasteiger partial charge in [0.05, 0.1) is 6.10 Å². The number of phenols is 1. The van der Waals surface area contributed by atoms with E-state index in [4.69, 9.17) is 4.74 Å². The molecular weight excluding hydrogens is 224 g/mol. The molecule has 1 aromatic rings. The summed E-state index contributed by atoms with van der Waals surface area (Å²) in [5.74, 6) is 0.831. The Bertz CT molecular complexity index is 377. The fraction of sp³-hybridized carbons (Fsp3) is 0.625. The number of aromatic hydroxyl groups is 1. The highest BCUT2D eigenvalue weighted by atomic mass is 16.5. The molecule has 102 valence electrons. The zero-order valence-corrected chi connectivity index (χ0v) is 12.3. The van der Waals surface area contributed by atoms with Crippen LogP contribution >= 0.6 is 0 Å². The largest absolute Gasteiger partial charge is 0.504 e. The summed E-state index contributed by atoms with van der Waals surface area (Å²) in [6, 6.07) is 5.64. The summed E-state index contributed by atoms with van der Waals surface area (Å²) in [4.78, 5) is 0.